The van der Waals surface area contributed by atoms with Gasteiger partial charge in [-0.15, -0.1) is 0 Å². The van der Waals surface area contributed by atoms with Crippen LogP contribution in [-0.2, 0) is 11.3 Å². The molecule has 3 atom stereocenters. The molecule has 0 aromatic heterocycles. The Morgan fingerprint density at radius 1 is 1.11 bits per heavy atom. The van der Waals surface area contributed by atoms with Crippen LogP contribution in [0.5, 0.6) is 0 Å². The van der Waals surface area contributed by atoms with Gasteiger partial charge in [0.1, 0.15) is 5.82 Å². The van der Waals surface area contributed by atoms with Gasteiger partial charge in [0.05, 0.1) is 5.92 Å². The van der Waals surface area contributed by atoms with Crippen molar-refractivity contribution in [3.05, 3.63) is 71.5 Å². The van der Waals surface area contributed by atoms with Crippen molar-refractivity contribution in [3.8, 4) is 0 Å². The van der Waals surface area contributed by atoms with Crippen molar-refractivity contribution in [1.29, 1.82) is 0 Å². The van der Waals surface area contributed by atoms with Crippen LogP contribution in [-0.4, -0.2) is 36.0 Å². The number of carbonyl (C=O) groups excluding carboxylic acids is 2. The smallest absolute Gasteiger partial charge is 0.317 e. The molecule has 2 aliphatic rings. The van der Waals surface area contributed by atoms with E-state index in [0.717, 1.165) is 17.5 Å². The number of likely N-dealkylation sites (tertiary alicyclic amines) is 1. The van der Waals surface area contributed by atoms with E-state index >= 15 is 0 Å². The SMILES string of the molecule is O=C(NCc1ccccc1)C1CCN(C(=O)NC2CC2c2cccc(F)c2)C1. The van der Waals surface area contributed by atoms with Crippen LogP contribution in [0.1, 0.15) is 29.9 Å². The lowest BCUT2D eigenvalue weighted by atomic mass is 10.1. The van der Waals surface area contributed by atoms with Crippen molar-refractivity contribution in [3.63, 3.8) is 0 Å². The molecule has 1 saturated carbocycles. The predicted molar refractivity (Wildman–Crippen MR) is 104 cm³/mol. The second-order valence-corrected chi connectivity index (χ2v) is 7.59. The molecule has 1 heterocycles. The maximum absolute atomic E-state index is 13.3. The summed E-state index contributed by atoms with van der Waals surface area (Å²) in [5, 5.41) is 5.97. The maximum atomic E-state index is 13.3. The molecule has 28 heavy (non-hydrogen) atoms. The summed E-state index contributed by atoms with van der Waals surface area (Å²) in [6.45, 7) is 1.51. The third kappa shape index (κ3) is 4.32. The summed E-state index contributed by atoms with van der Waals surface area (Å²) in [5.41, 5.74) is 1.98. The minimum atomic E-state index is -0.252. The van der Waals surface area contributed by atoms with E-state index in [0.29, 0.717) is 26.1 Å². The van der Waals surface area contributed by atoms with E-state index in [4.69, 9.17) is 0 Å². The molecule has 2 fully saturated rings. The van der Waals surface area contributed by atoms with Crippen LogP contribution >= 0.6 is 0 Å². The van der Waals surface area contributed by atoms with E-state index < -0.39 is 0 Å². The summed E-state index contributed by atoms with van der Waals surface area (Å²) < 4.78 is 13.3. The third-order valence-corrected chi connectivity index (χ3v) is 5.53. The van der Waals surface area contributed by atoms with Crippen LogP contribution in [0, 0.1) is 11.7 Å². The average molecular weight is 381 g/mol. The first-order valence-corrected chi connectivity index (χ1v) is 9.72. The van der Waals surface area contributed by atoms with Gasteiger partial charge in [-0.1, -0.05) is 42.5 Å². The molecule has 5 nitrogen and oxygen atoms in total. The van der Waals surface area contributed by atoms with Crippen LogP contribution < -0.4 is 10.6 Å². The van der Waals surface area contributed by atoms with Gasteiger partial charge in [-0.3, -0.25) is 4.79 Å². The molecular formula is C22H24FN3O2. The van der Waals surface area contributed by atoms with Gasteiger partial charge in [0.15, 0.2) is 0 Å². The van der Waals surface area contributed by atoms with Crippen LogP contribution in [0.3, 0.4) is 0 Å². The lowest BCUT2D eigenvalue weighted by Crippen LogP contribution is -2.41. The van der Waals surface area contributed by atoms with Crippen molar-refractivity contribution < 1.29 is 14.0 Å². The highest BCUT2D eigenvalue weighted by atomic mass is 19.1. The summed E-state index contributed by atoms with van der Waals surface area (Å²) >= 11 is 0. The summed E-state index contributed by atoms with van der Waals surface area (Å²) in [5.74, 6) is -0.263. The fraction of sp³-hybridized carbons (Fsp3) is 0.364. The van der Waals surface area contributed by atoms with E-state index in [1.54, 1.807) is 11.0 Å². The molecule has 3 unspecified atom stereocenters. The summed E-state index contributed by atoms with van der Waals surface area (Å²) in [6, 6.07) is 16.2. The fourth-order valence-corrected chi connectivity index (χ4v) is 3.80. The van der Waals surface area contributed by atoms with E-state index in [2.05, 4.69) is 10.6 Å². The Morgan fingerprint density at radius 3 is 2.71 bits per heavy atom. The van der Waals surface area contributed by atoms with Crippen LogP contribution in [0.4, 0.5) is 9.18 Å². The zero-order chi connectivity index (χ0) is 19.5. The van der Waals surface area contributed by atoms with Crippen LogP contribution in [0.2, 0.25) is 0 Å². The van der Waals surface area contributed by atoms with Crippen molar-refractivity contribution in [2.24, 2.45) is 5.92 Å². The van der Waals surface area contributed by atoms with Gasteiger partial charge in [0.25, 0.3) is 0 Å². The summed E-state index contributed by atoms with van der Waals surface area (Å²) in [6.07, 6.45) is 1.50. The minimum Gasteiger partial charge on any atom is -0.352 e. The molecule has 146 valence electrons. The van der Waals surface area contributed by atoms with Crippen molar-refractivity contribution in [2.75, 3.05) is 13.1 Å². The first kappa shape index (κ1) is 18.5. The number of benzene rings is 2. The number of nitrogens with one attached hydrogen (secondary N) is 2. The van der Waals surface area contributed by atoms with Gasteiger partial charge in [-0.2, -0.15) is 0 Å². The van der Waals surface area contributed by atoms with Crippen LogP contribution in [0.15, 0.2) is 54.6 Å². The van der Waals surface area contributed by atoms with Gasteiger partial charge < -0.3 is 15.5 Å². The Hall–Kier alpha value is -2.89. The first-order valence-electron chi connectivity index (χ1n) is 9.72. The molecule has 6 heteroatoms. The highest BCUT2D eigenvalue weighted by molar-refractivity contribution is 5.81. The molecular weight excluding hydrogens is 357 g/mol. The Balaban J connectivity index is 1.23. The highest BCUT2D eigenvalue weighted by Crippen LogP contribution is 2.41. The molecule has 0 spiro atoms. The van der Waals surface area contributed by atoms with E-state index in [1.807, 2.05) is 36.4 Å². The zero-order valence-electron chi connectivity index (χ0n) is 15.6. The third-order valence-electron chi connectivity index (χ3n) is 5.53. The van der Waals surface area contributed by atoms with Gasteiger partial charge in [0, 0.05) is 31.6 Å². The quantitative estimate of drug-likeness (QED) is 0.836. The molecule has 2 N–H and O–H groups in total. The molecule has 2 aromatic rings. The second-order valence-electron chi connectivity index (χ2n) is 7.59. The van der Waals surface area contributed by atoms with Crippen molar-refractivity contribution in [1.82, 2.24) is 15.5 Å². The monoisotopic (exact) mass is 381 g/mol. The number of carbonyl (C=O) groups is 2. The maximum Gasteiger partial charge on any atom is 0.317 e. The Labute approximate surface area is 163 Å². The molecule has 4 rings (SSSR count). The fourth-order valence-electron chi connectivity index (χ4n) is 3.80. The normalized spacial score (nSPS) is 23.3. The number of hydrogen-bond donors (Lipinski definition) is 2. The number of hydrogen-bond acceptors (Lipinski definition) is 2. The molecule has 1 saturated heterocycles. The molecule has 2 aromatic carbocycles. The number of nitrogens with zero attached hydrogens (tertiary/aromatic N) is 1. The standard InChI is InChI=1S/C22H24FN3O2/c23-18-8-4-7-16(11-18)19-12-20(19)25-22(28)26-10-9-17(14-26)21(27)24-13-15-5-2-1-3-6-15/h1-8,11,17,19-20H,9-10,12-14H2,(H,24,27)(H,25,28). The molecule has 0 radical (unpaired) electrons. The van der Waals surface area contributed by atoms with Crippen molar-refractivity contribution >= 4 is 11.9 Å². The van der Waals surface area contributed by atoms with Crippen LogP contribution in [0.25, 0.3) is 0 Å². The average Bonchev–Trinajstić information content (AvgIpc) is 3.28. The van der Waals surface area contributed by atoms with Crippen molar-refractivity contribution in [2.45, 2.75) is 31.3 Å². The van der Waals surface area contributed by atoms with Gasteiger partial charge in [-0.05, 0) is 36.1 Å². The summed E-state index contributed by atoms with van der Waals surface area (Å²) in [4.78, 5) is 26.6. The number of urea groups is 1. The minimum absolute atomic E-state index is 0.0109. The topological polar surface area (TPSA) is 61.4 Å². The van der Waals surface area contributed by atoms with E-state index in [-0.39, 0.29) is 35.6 Å². The molecule has 1 aliphatic carbocycles. The van der Waals surface area contributed by atoms with E-state index in [9.17, 15) is 14.0 Å². The summed E-state index contributed by atoms with van der Waals surface area (Å²) in [7, 11) is 0. The molecule has 1 aliphatic heterocycles. The van der Waals surface area contributed by atoms with Gasteiger partial charge in [-0.25, -0.2) is 9.18 Å². The number of amides is 3. The molecule has 3 amide bonds. The number of halogens is 1. The Morgan fingerprint density at radius 2 is 1.93 bits per heavy atom. The second kappa shape index (κ2) is 8.00. The lowest BCUT2D eigenvalue weighted by molar-refractivity contribution is -0.124. The lowest BCUT2D eigenvalue weighted by Gasteiger charge is -2.17. The Bertz CT molecular complexity index is 858. The zero-order valence-corrected chi connectivity index (χ0v) is 15.6. The largest absolute Gasteiger partial charge is 0.352 e. The van der Waals surface area contributed by atoms with Gasteiger partial charge >= 0.3 is 6.03 Å². The predicted octanol–water partition coefficient (Wildman–Crippen LogP) is 3.03. The van der Waals surface area contributed by atoms with E-state index in [1.165, 1.54) is 12.1 Å². The first-order chi connectivity index (χ1) is 13.6. The highest BCUT2D eigenvalue weighted by Gasteiger charge is 2.41. The number of rotatable bonds is 5. The Kier molecular flexibility index (Phi) is 5.28. The molecule has 0 bridgehead atoms. The van der Waals surface area contributed by atoms with Gasteiger partial charge in [0.2, 0.25) is 5.91 Å².